The molecular formula is C16H23N5O2S. The predicted octanol–water partition coefficient (Wildman–Crippen LogP) is 1.10. The Morgan fingerprint density at radius 2 is 1.83 bits per heavy atom. The fraction of sp³-hybridized carbons (Fsp3) is 0.500. The molecular weight excluding hydrogens is 326 g/mol. The lowest BCUT2D eigenvalue weighted by Gasteiger charge is -2.33. The van der Waals surface area contributed by atoms with Crippen molar-refractivity contribution in [3.8, 4) is 11.4 Å². The number of sulfonamides is 1. The van der Waals surface area contributed by atoms with Crippen molar-refractivity contribution in [3.05, 3.63) is 35.7 Å². The Bertz CT molecular complexity index is 823. The summed E-state index contributed by atoms with van der Waals surface area (Å²) < 4.78 is 26.6. The summed E-state index contributed by atoms with van der Waals surface area (Å²) in [5.41, 5.74) is 2.23. The lowest BCUT2D eigenvalue weighted by atomic mass is 10.1. The molecule has 0 spiro atoms. The molecule has 0 amide bonds. The van der Waals surface area contributed by atoms with Gasteiger partial charge in [0, 0.05) is 31.7 Å². The highest BCUT2D eigenvalue weighted by Crippen LogP contribution is 2.19. The van der Waals surface area contributed by atoms with Crippen LogP contribution >= 0.6 is 0 Å². The van der Waals surface area contributed by atoms with Gasteiger partial charge in [0.2, 0.25) is 10.0 Å². The van der Waals surface area contributed by atoms with Crippen molar-refractivity contribution in [2.24, 2.45) is 0 Å². The summed E-state index contributed by atoms with van der Waals surface area (Å²) in [5, 5.41) is 4.51. The third-order valence-electron chi connectivity index (χ3n) is 4.19. The van der Waals surface area contributed by atoms with Crippen LogP contribution < -0.4 is 0 Å². The van der Waals surface area contributed by atoms with Gasteiger partial charge < -0.3 is 0 Å². The van der Waals surface area contributed by atoms with Gasteiger partial charge >= 0.3 is 0 Å². The smallest absolute Gasteiger partial charge is 0.211 e. The standard InChI is InChI=1S/C16H23N5O2S/c1-13-5-4-6-15(11-13)16-17-14(2)18-21(16)12-19-7-9-20(10-8-19)24(3,22)23/h4-6,11H,7-10,12H2,1-3H3. The van der Waals surface area contributed by atoms with Gasteiger partial charge in [-0.2, -0.15) is 9.40 Å². The first-order valence-corrected chi connectivity index (χ1v) is 9.84. The Morgan fingerprint density at radius 3 is 2.46 bits per heavy atom. The number of hydrogen-bond donors (Lipinski definition) is 0. The summed E-state index contributed by atoms with van der Waals surface area (Å²) in [6.45, 7) is 6.98. The zero-order valence-corrected chi connectivity index (χ0v) is 15.1. The van der Waals surface area contributed by atoms with Crippen LogP contribution in [-0.4, -0.2) is 64.8 Å². The monoisotopic (exact) mass is 349 g/mol. The van der Waals surface area contributed by atoms with Crippen LogP contribution in [0.3, 0.4) is 0 Å². The van der Waals surface area contributed by atoms with Crippen molar-refractivity contribution >= 4 is 10.0 Å². The Kier molecular flexibility index (Phi) is 4.71. The molecule has 2 heterocycles. The normalized spacial score (nSPS) is 17.3. The molecule has 0 saturated carbocycles. The Labute approximate surface area is 143 Å². The van der Waals surface area contributed by atoms with Gasteiger partial charge in [-0.3, -0.25) is 4.90 Å². The lowest BCUT2D eigenvalue weighted by molar-refractivity contribution is 0.147. The molecule has 1 fully saturated rings. The molecule has 0 bridgehead atoms. The summed E-state index contributed by atoms with van der Waals surface area (Å²) in [5.74, 6) is 1.59. The molecule has 1 aliphatic rings. The third kappa shape index (κ3) is 3.82. The summed E-state index contributed by atoms with van der Waals surface area (Å²) in [7, 11) is -3.10. The number of rotatable bonds is 4. The molecule has 130 valence electrons. The maximum atomic E-state index is 11.6. The van der Waals surface area contributed by atoms with Crippen molar-refractivity contribution in [1.82, 2.24) is 24.0 Å². The number of piperazine rings is 1. The zero-order chi connectivity index (χ0) is 17.3. The van der Waals surface area contributed by atoms with Gasteiger partial charge in [0.25, 0.3) is 0 Å². The number of nitrogens with zero attached hydrogens (tertiary/aromatic N) is 5. The minimum atomic E-state index is -3.10. The molecule has 1 aliphatic heterocycles. The van der Waals surface area contributed by atoms with Crippen LogP contribution in [0.25, 0.3) is 11.4 Å². The minimum Gasteiger partial charge on any atom is -0.282 e. The summed E-state index contributed by atoms with van der Waals surface area (Å²) in [4.78, 5) is 6.76. The van der Waals surface area contributed by atoms with Crippen LogP contribution in [0.4, 0.5) is 0 Å². The second-order valence-electron chi connectivity index (χ2n) is 6.27. The summed E-state index contributed by atoms with van der Waals surface area (Å²) >= 11 is 0. The SMILES string of the molecule is Cc1cccc(-c2nc(C)nn2CN2CCN(S(C)(=O)=O)CC2)c1. The van der Waals surface area contributed by atoms with Crippen molar-refractivity contribution < 1.29 is 8.42 Å². The fourth-order valence-corrected chi connectivity index (χ4v) is 3.77. The highest BCUT2D eigenvalue weighted by Gasteiger charge is 2.24. The number of hydrogen-bond acceptors (Lipinski definition) is 5. The number of benzene rings is 1. The van der Waals surface area contributed by atoms with Gasteiger partial charge in [-0.05, 0) is 19.9 Å². The fourth-order valence-electron chi connectivity index (χ4n) is 2.94. The van der Waals surface area contributed by atoms with E-state index in [9.17, 15) is 8.42 Å². The van der Waals surface area contributed by atoms with Crippen LogP contribution in [0.2, 0.25) is 0 Å². The maximum absolute atomic E-state index is 11.6. The first-order valence-electron chi connectivity index (χ1n) is 7.99. The van der Waals surface area contributed by atoms with Crippen LogP contribution in [0.15, 0.2) is 24.3 Å². The molecule has 1 aromatic carbocycles. The van der Waals surface area contributed by atoms with Crippen molar-refractivity contribution in [3.63, 3.8) is 0 Å². The topological polar surface area (TPSA) is 71.3 Å². The van der Waals surface area contributed by atoms with Gasteiger partial charge in [-0.15, -0.1) is 0 Å². The number of aryl methyl sites for hydroxylation is 2. The van der Waals surface area contributed by atoms with Crippen LogP contribution in [0.1, 0.15) is 11.4 Å². The summed E-state index contributed by atoms with van der Waals surface area (Å²) in [6, 6.07) is 8.21. The van der Waals surface area contributed by atoms with Gasteiger partial charge in [0.1, 0.15) is 5.82 Å². The van der Waals surface area contributed by atoms with Gasteiger partial charge in [0.15, 0.2) is 5.82 Å². The van der Waals surface area contributed by atoms with E-state index in [0.717, 1.165) is 17.2 Å². The maximum Gasteiger partial charge on any atom is 0.211 e. The Balaban J connectivity index is 1.75. The van der Waals surface area contributed by atoms with Gasteiger partial charge in [-0.1, -0.05) is 23.8 Å². The molecule has 7 nitrogen and oxygen atoms in total. The molecule has 8 heteroatoms. The van der Waals surface area contributed by atoms with Gasteiger partial charge in [-0.25, -0.2) is 18.1 Å². The van der Waals surface area contributed by atoms with Crippen LogP contribution in [0.5, 0.6) is 0 Å². The van der Waals surface area contributed by atoms with E-state index in [1.165, 1.54) is 16.1 Å². The molecule has 0 aliphatic carbocycles. The highest BCUT2D eigenvalue weighted by atomic mass is 32.2. The van der Waals surface area contributed by atoms with E-state index in [0.29, 0.717) is 32.8 Å². The van der Waals surface area contributed by atoms with E-state index < -0.39 is 10.0 Å². The molecule has 0 N–H and O–H groups in total. The van der Waals surface area contributed by atoms with E-state index in [4.69, 9.17) is 0 Å². The molecule has 1 aromatic heterocycles. The second-order valence-corrected chi connectivity index (χ2v) is 8.26. The van der Waals surface area contributed by atoms with E-state index in [1.807, 2.05) is 23.7 Å². The molecule has 0 radical (unpaired) electrons. The van der Waals surface area contributed by atoms with E-state index >= 15 is 0 Å². The lowest BCUT2D eigenvalue weighted by Crippen LogP contribution is -2.48. The molecule has 0 unspecified atom stereocenters. The van der Waals surface area contributed by atoms with Gasteiger partial charge in [0.05, 0.1) is 12.9 Å². The number of aromatic nitrogens is 3. The average molecular weight is 349 g/mol. The quantitative estimate of drug-likeness (QED) is 0.826. The summed E-state index contributed by atoms with van der Waals surface area (Å²) in [6.07, 6.45) is 1.26. The van der Waals surface area contributed by atoms with Crippen molar-refractivity contribution in [2.75, 3.05) is 32.4 Å². The van der Waals surface area contributed by atoms with Crippen molar-refractivity contribution in [1.29, 1.82) is 0 Å². The molecule has 1 saturated heterocycles. The largest absolute Gasteiger partial charge is 0.282 e. The van der Waals surface area contributed by atoms with E-state index in [-0.39, 0.29) is 0 Å². The molecule has 0 atom stereocenters. The van der Waals surface area contributed by atoms with E-state index in [2.05, 4.69) is 34.0 Å². The third-order valence-corrected chi connectivity index (χ3v) is 5.49. The Hall–Kier alpha value is -1.77. The first-order chi connectivity index (χ1) is 11.3. The molecule has 2 aromatic rings. The average Bonchev–Trinajstić information content (AvgIpc) is 2.87. The minimum absolute atomic E-state index is 0.520. The highest BCUT2D eigenvalue weighted by molar-refractivity contribution is 7.88. The van der Waals surface area contributed by atoms with Crippen LogP contribution in [0, 0.1) is 13.8 Å². The molecule has 24 heavy (non-hydrogen) atoms. The van der Waals surface area contributed by atoms with Crippen molar-refractivity contribution in [2.45, 2.75) is 20.5 Å². The Morgan fingerprint density at radius 1 is 1.12 bits per heavy atom. The zero-order valence-electron chi connectivity index (χ0n) is 14.3. The predicted molar refractivity (Wildman–Crippen MR) is 92.9 cm³/mol. The van der Waals surface area contributed by atoms with E-state index in [1.54, 1.807) is 0 Å². The first kappa shape index (κ1) is 17.1. The second kappa shape index (κ2) is 6.62. The van der Waals surface area contributed by atoms with Crippen LogP contribution in [-0.2, 0) is 16.7 Å². The molecule has 3 rings (SSSR count).